The van der Waals surface area contributed by atoms with Gasteiger partial charge in [-0.25, -0.2) is 0 Å². The second kappa shape index (κ2) is 5.22. The number of nitrogen functional groups attached to an aromatic ring is 1. The van der Waals surface area contributed by atoms with E-state index in [0.717, 1.165) is 25.1 Å². The lowest BCUT2D eigenvalue weighted by Gasteiger charge is -2.27. The molecule has 4 nitrogen and oxygen atoms in total. The molecule has 1 atom stereocenters. The molecule has 1 aromatic carbocycles. The Bertz CT molecular complexity index is 645. The molecule has 100 valence electrons. The minimum Gasteiger partial charge on any atom is -0.398 e. The predicted octanol–water partition coefficient (Wildman–Crippen LogP) is 2.88. The van der Waals surface area contributed by atoms with E-state index in [-0.39, 0.29) is 0 Å². The van der Waals surface area contributed by atoms with Gasteiger partial charge in [-0.1, -0.05) is 6.07 Å². The molecular formula is C16H16N4. The maximum Gasteiger partial charge on any atom is 0.101 e. The lowest BCUT2D eigenvalue weighted by molar-refractivity contribution is 0.715. The van der Waals surface area contributed by atoms with Crippen LogP contribution in [0, 0.1) is 11.3 Å². The average Bonchev–Trinajstić information content (AvgIpc) is 2.98. The van der Waals surface area contributed by atoms with E-state index in [1.165, 1.54) is 5.56 Å². The fourth-order valence-electron chi connectivity index (χ4n) is 2.82. The fourth-order valence-corrected chi connectivity index (χ4v) is 2.82. The van der Waals surface area contributed by atoms with Gasteiger partial charge >= 0.3 is 0 Å². The second-order valence-electron chi connectivity index (χ2n) is 5.02. The van der Waals surface area contributed by atoms with Gasteiger partial charge < -0.3 is 10.6 Å². The SMILES string of the molecule is N#Cc1cc(N2CCCC2c2cccnc2)ccc1N. The van der Waals surface area contributed by atoms with Gasteiger partial charge in [-0.15, -0.1) is 0 Å². The van der Waals surface area contributed by atoms with Crippen LogP contribution in [0.25, 0.3) is 0 Å². The van der Waals surface area contributed by atoms with Crippen molar-refractivity contribution in [3.63, 3.8) is 0 Å². The molecule has 4 heteroatoms. The van der Waals surface area contributed by atoms with Crippen molar-refractivity contribution in [3.8, 4) is 6.07 Å². The van der Waals surface area contributed by atoms with Crippen LogP contribution in [0.1, 0.15) is 30.0 Å². The molecular weight excluding hydrogens is 248 g/mol. The summed E-state index contributed by atoms with van der Waals surface area (Å²) in [5, 5.41) is 9.11. The van der Waals surface area contributed by atoms with Crippen LogP contribution < -0.4 is 10.6 Å². The summed E-state index contributed by atoms with van der Waals surface area (Å²) in [5.74, 6) is 0. The van der Waals surface area contributed by atoms with E-state index < -0.39 is 0 Å². The highest BCUT2D eigenvalue weighted by Gasteiger charge is 2.26. The standard InChI is InChI=1S/C16H16N4/c17-10-13-9-14(5-6-15(13)18)20-8-2-4-16(20)12-3-1-7-19-11-12/h1,3,5-7,9,11,16H,2,4,8,18H2. The summed E-state index contributed by atoms with van der Waals surface area (Å²) >= 11 is 0. The van der Waals surface area contributed by atoms with Crippen LogP contribution in [0.2, 0.25) is 0 Å². The van der Waals surface area contributed by atoms with Crippen molar-refractivity contribution in [2.24, 2.45) is 0 Å². The summed E-state index contributed by atoms with van der Waals surface area (Å²) in [6.07, 6.45) is 5.97. The zero-order chi connectivity index (χ0) is 13.9. The van der Waals surface area contributed by atoms with Gasteiger partial charge in [-0.05, 0) is 42.7 Å². The Morgan fingerprint density at radius 2 is 2.25 bits per heavy atom. The van der Waals surface area contributed by atoms with Gasteiger partial charge in [0.1, 0.15) is 6.07 Å². The number of nitrogens with two attached hydrogens (primary N) is 1. The minimum atomic E-state index is 0.332. The molecule has 0 aliphatic carbocycles. The van der Waals surface area contributed by atoms with Gasteiger partial charge in [0.15, 0.2) is 0 Å². The first-order valence-electron chi connectivity index (χ1n) is 6.76. The van der Waals surface area contributed by atoms with Crippen molar-refractivity contribution in [3.05, 3.63) is 53.9 Å². The largest absolute Gasteiger partial charge is 0.398 e. The number of anilines is 2. The van der Waals surface area contributed by atoms with E-state index in [1.54, 1.807) is 6.20 Å². The summed E-state index contributed by atoms with van der Waals surface area (Å²) < 4.78 is 0. The summed E-state index contributed by atoms with van der Waals surface area (Å²) in [5.41, 5.74) is 9.15. The van der Waals surface area contributed by atoms with E-state index in [9.17, 15) is 0 Å². The molecule has 20 heavy (non-hydrogen) atoms. The van der Waals surface area contributed by atoms with Crippen LogP contribution in [0.15, 0.2) is 42.7 Å². The van der Waals surface area contributed by atoms with Gasteiger partial charge in [-0.3, -0.25) is 4.98 Å². The van der Waals surface area contributed by atoms with Crippen LogP contribution >= 0.6 is 0 Å². The Kier molecular flexibility index (Phi) is 3.26. The van der Waals surface area contributed by atoms with Crippen LogP contribution in [-0.4, -0.2) is 11.5 Å². The highest BCUT2D eigenvalue weighted by Crippen LogP contribution is 2.36. The fraction of sp³-hybridized carbons (Fsp3) is 0.250. The van der Waals surface area contributed by atoms with Gasteiger partial charge in [0.2, 0.25) is 0 Å². The number of aromatic nitrogens is 1. The molecule has 0 amide bonds. The normalized spacial score (nSPS) is 17.9. The van der Waals surface area contributed by atoms with Gasteiger partial charge in [0.05, 0.1) is 11.6 Å². The molecule has 3 rings (SSSR count). The smallest absolute Gasteiger partial charge is 0.101 e. The topological polar surface area (TPSA) is 65.9 Å². The van der Waals surface area contributed by atoms with Crippen molar-refractivity contribution < 1.29 is 0 Å². The van der Waals surface area contributed by atoms with E-state index in [0.29, 0.717) is 17.3 Å². The summed E-state index contributed by atoms with van der Waals surface area (Å²) in [7, 11) is 0. The third-order valence-corrected chi connectivity index (χ3v) is 3.81. The number of nitrogens with zero attached hydrogens (tertiary/aromatic N) is 3. The number of benzene rings is 1. The molecule has 1 fully saturated rings. The molecule has 1 aliphatic rings. The van der Waals surface area contributed by atoms with E-state index in [1.807, 2.05) is 30.5 Å². The van der Waals surface area contributed by atoms with E-state index in [2.05, 4.69) is 22.0 Å². The van der Waals surface area contributed by atoms with Gasteiger partial charge in [0, 0.05) is 30.3 Å². The molecule has 1 aromatic heterocycles. The van der Waals surface area contributed by atoms with E-state index >= 15 is 0 Å². The first kappa shape index (κ1) is 12.5. The maximum absolute atomic E-state index is 9.11. The minimum absolute atomic E-state index is 0.332. The van der Waals surface area contributed by atoms with Crippen molar-refractivity contribution in [1.29, 1.82) is 5.26 Å². The summed E-state index contributed by atoms with van der Waals surface area (Å²) in [4.78, 5) is 6.54. The third kappa shape index (κ3) is 2.19. The van der Waals surface area contributed by atoms with Gasteiger partial charge in [-0.2, -0.15) is 5.26 Å². The van der Waals surface area contributed by atoms with Crippen LogP contribution in [0.4, 0.5) is 11.4 Å². The van der Waals surface area contributed by atoms with Gasteiger partial charge in [0.25, 0.3) is 0 Å². The molecule has 2 heterocycles. The molecule has 0 bridgehead atoms. The summed E-state index contributed by atoms with van der Waals surface area (Å²) in [6, 6.07) is 12.2. The first-order valence-corrected chi connectivity index (χ1v) is 6.76. The number of hydrogen-bond donors (Lipinski definition) is 1. The summed E-state index contributed by atoms with van der Waals surface area (Å²) in [6.45, 7) is 0.994. The predicted molar refractivity (Wildman–Crippen MR) is 79.1 cm³/mol. The van der Waals surface area contributed by atoms with Crippen molar-refractivity contribution >= 4 is 11.4 Å². The Morgan fingerprint density at radius 1 is 1.35 bits per heavy atom. The van der Waals surface area contributed by atoms with Crippen LogP contribution in [0.5, 0.6) is 0 Å². The van der Waals surface area contributed by atoms with E-state index in [4.69, 9.17) is 11.0 Å². The molecule has 1 saturated heterocycles. The molecule has 0 radical (unpaired) electrons. The quantitative estimate of drug-likeness (QED) is 0.847. The Balaban J connectivity index is 1.95. The molecule has 2 aromatic rings. The van der Waals surface area contributed by atoms with Crippen molar-refractivity contribution in [2.75, 3.05) is 17.2 Å². The highest BCUT2D eigenvalue weighted by molar-refractivity contribution is 5.63. The molecule has 0 saturated carbocycles. The number of rotatable bonds is 2. The number of pyridine rings is 1. The first-order chi connectivity index (χ1) is 9.79. The lowest BCUT2D eigenvalue weighted by Crippen LogP contribution is -2.22. The third-order valence-electron chi connectivity index (χ3n) is 3.81. The molecule has 1 aliphatic heterocycles. The Hall–Kier alpha value is -2.54. The van der Waals surface area contributed by atoms with Crippen molar-refractivity contribution in [1.82, 2.24) is 4.98 Å². The number of hydrogen-bond acceptors (Lipinski definition) is 4. The Labute approximate surface area is 118 Å². The highest BCUT2D eigenvalue weighted by atomic mass is 15.2. The monoisotopic (exact) mass is 264 g/mol. The zero-order valence-corrected chi connectivity index (χ0v) is 11.2. The van der Waals surface area contributed by atoms with Crippen LogP contribution in [-0.2, 0) is 0 Å². The Morgan fingerprint density at radius 3 is 3.00 bits per heavy atom. The zero-order valence-electron chi connectivity index (χ0n) is 11.2. The molecule has 0 spiro atoms. The molecule has 1 unspecified atom stereocenters. The average molecular weight is 264 g/mol. The maximum atomic E-state index is 9.11. The second-order valence-corrected chi connectivity index (χ2v) is 5.02. The van der Waals surface area contributed by atoms with Crippen LogP contribution in [0.3, 0.4) is 0 Å². The van der Waals surface area contributed by atoms with Crippen molar-refractivity contribution in [2.45, 2.75) is 18.9 Å². The lowest BCUT2D eigenvalue weighted by atomic mass is 10.1. The molecule has 2 N–H and O–H groups in total. The number of nitriles is 1.